The standard InChI is InChI=1S/C25H30ClFN2O8/c1-13(2)22(15(4)36-19-10-17(26)9-18(27)11-19)37-25(32)14(3)29-24(31)21-23(35-12-34-16(5)30)20(33-6)7-8-28-21/h7-11,13-15,22H,12H2,1-6H3,(H,29,31)/t14-,15-,22+/m0/s1. The average Bonchev–Trinajstić information content (AvgIpc) is 2.80. The summed E-state index contributed by atoms with van der Waals surface area (Å²) in [5, 5.41) is 2.67. The van der Waals surface area contributed by atoms with Gasteiger partial charge in [-0.25, -0.2) is 14.2 Å². The fourth-order valence-corrected chi connectivity index (χ4v) is 3.49. The van der Waals surface area contributed by atoms with Crippen LogP contribution in [-0.2, 0) is 19.1 Å². The molecule has 1 heterocycles. The largest absolute Gasteiger partial charge is 0.493 e. The van der Waals surface area contributed by atoms with Crippen molar-refractivity contribution in [1.29, 1.82) is 0 Å². The number of carbonyl (C=O) groups is 3. The van der Waals surface area contributed by atoms with Crippen molar-refractivity contribution in [2.45, 2.75) is 52.9 Å². The molecule has 0 radical (unpaired) electrons. The molecule has 2 rings (SSSR count). The van der Waals surface area contributed by atoms with E-state index in [1.807, 2.05) is 13.8 Å². The maximum absolute atomic E-state index is 13.7. The fraction of sp³-hybridized carbons (Fsp3) is 0.440. The van der Waals surface area contributed by atoms with Crippen LogP contribution in [0.5, 0.6) is 17.2 Å². The zero-order chi connectivity index (χ0) is 27.7. The summed E-state index contributed by atoms with van der Waals surface area (Å²) in [5.41, 5.74) is -0.189. The molecule has 1 aromatic heterocycles. The van der Waals surface area contributed by atoms with Gasteiger partial charge in [0.05, 0.1) is 7.11 Å². The van der Waals surface area contributed by atoms with Gasteiger partial charge in [0, 0.05) is 30.3 Å². The van der Waals surface area contributed by atoms with Crippen LogP contribution >= 0.6 is 11.6 Å². The molecule has 0 saturated heterocycles. The normalized spacial score (nSPS) is 13.2. The van der Waals surface area contributed by atoms with Gasteiger partial charge in [0.15, 0.2) is 17.2 Å². The minimum atomic E-state index is -1.08. The van der Waals surface area contributed by atoms with Gasteiger partial charge in [-0.2, -0.15) is 0 Å². The molecule has 0 aliphatic rings. The van der Waals surface area contributed by atoms with Crippen molar-refractivity contribution in [3.05, 3.63) is 47.0 Å². The number of aromatic nitrogens is 1. The zero-order valence-electron chi connectivity index (χ0n) is 21.4. The monoisotopic (exact) mass is 540 g/mol. The summed E-state index contributed by atoms with van der Waals surface area (Å²) in [6, 6.07) is 4.14. The van der Waals surface area contributed by atoms with Crippen LogP contribution in [0.25, 0.3) is 0 Å². The van der Waals surface area contributed by atoms with Gasteiger partial charge in [-0.3, -0.25) is 9.59 Å². The highest BCUT2D eigenvalue weighted by Gasteiger charge is 2.30. The maximum atomic E-state index is 13.7. The zero-order valence-corrected chi connectivity index (χ0v) is 22.1. The summed E-state index contributed by atoms with van der Waals surface area (Å²) in [4.78, 5) is 40.8. The fourth-order valence-electron chi connectivity index (χ4n) is 3.28. The average molecular weight is 541 g/mol. The Morgan fingerprint density at radius 1 is 1.14 bits per heavy atom. The summed E-state index contributed by atoms with van der Waals surface area (Å²) in [5.74, 6) is -2.51. The molecule has 0 aliphatic carbocycles. The third kappa shape index (κ3) is 8.78. The first-order chi connectivity index (χ1) is 17.4. The quantitative estimate of drug-likeness (QED) is 0.315. The molecule has 0 saturated carbocycles. The molecule has 1 amide bonds. The Labute approximate surface area is 219 Å². The first-order valence-electron chi connectivity index (χ1n) is 11.4. The SMILES string of the molecule is COc1ccnc(C(=O)N[C@@H](C)C(=O)O[C@H](C(C)C)[C@H](C)Oc2cc(F)cc(Cl)c2)c1OCOC(C)=O. The lowest BCUT2D eigenvalue weighted by molar-refractivity contribution is -0.158. The Bertz CT molecular complexity index is 1090. The van der Waals surface area contributed by atoms with E-state index in [9.17, 15) is 18.8 Å². The van der Waals surface area contributed by atoms with E-state index in [1.54, 1.807) is 6.92 Å². The third-order valence-corrected chi connectivity index (χ3v) is 5.22. The van der Waals surface area contributed by atoms with Crippen molar-refractivity contribution in [2.24, 2.45) is 5.92 Å². The van der Waals surface area contributed by atoms with Crippen LogP contribution < -0.4 is 19.5 Å². The third-order valence-electron chi connectivity index (χ3n) is 5.00. The first-order valence-corrected chi connectivity index (χ1v) is 11.7. The predicted molar refractivity (Wildman–Crippen MR) is 131 cm³/mol. The van der Waals surface area contributed by atoms with E-state index < -0.39 is 48.7 Å². The van der Waals surface area contributed by atoms with E-state index in [0.717, 1.165) is 6.07 Å². The van der Waals surface area contributed by atoms with Gasteiger partial charge in [-0.15, -0.1) is 0 Å². The van der Waals surface area contributed by atoms with Crippen LogP contribution in [0.15, 0.2) is 30.5 Å². The Balaban J connectivity index is 2.10. The number of rotatable bonds is 12. The molecule has 0 unspecified atom stereocenters. The summed E-state index contributed by atoms with van der Waals surface area (Å²) in [7, 11) is 1.36. The molecule has 0 aliphatic heterocycles. The summed E-state index contributed by atoms with van der Waals surface area (Å²) in [6.45, 7) is 7.50. The van der Waals surface area contributed by atoms with Crippen LogP contribution in [0.2, 0.25) is 5.02 Å². The smallest absolute Gasteiger partial charge is 0.328 e. The number of pyridine rings is 1. The lowest BCUT2D eigenvalue weighted by Gasteiger charge is -2.29. The van der Waals surface area contributed by atoms with Gasteiger partial charge < -0.3 is 29.0 Å². The number of ether oxygens (including phenoxy) is 5. The Kier molecular flexibility index (Phi) is 10.9. The van der Waals surface area contributed by atoms with Crippen molar-refractivity contribution < 1.29 is 42.5 Å². The Morgan fingerprint density at radius 2 is 1.84 bits per heavy atom. The highest BCUT2D eigenvalue weighted by molar-refractivity contribution is 6.30. The van der Waals surface area contributed by atoms with E-state index in [4.69, 9.17) is 35.3 Å². The molecule has 0 spiro atoms. The van der Waals surface area contributed by atoms with Crippen molar-refractivity contribution in [1.82, 2.24) is 10.3 Å². The van der Waals surface area contributed by atoms with Gasteiger partial charge in [-0.1, -0.05) is 25.4 Å². The van der Waals surface area contributed by atoms with Crippen molar-refractivity contribution >= 4 is 29.4 Å². The molecular formula is C25H30ClFN2O8. The topological polar surface area (TPSA) is 122 Å². The second-order valence-electron chi connectivity index (χ2n) is 8.36. The van der Waals surface area contributed by atoms with Crippen LogP contribution in [0, 0.1) is 11.7 Å². The molecule has 1 N–H and O–H groups in total. The molecule has 2 aromatic rings. The molecule has 202 valence electrons. The highest BCUT2D eigenvalue weighted by atomic mass is 35.5. The van der Waals surface area contributed by atoms with Gasteiger partial charge in [0.2, 0.25) is 6.79 Å². The van der Waals surface area contributed by atoms with Crippen LogP contribution in [0.3, 0.4) is 0 Å². The van der Waals surface area contributed by atoms with Crippen molar-refractivity contribution in [3.8, 4) is 17.2 Å². The molecular weight excluding hydrogens is 511 g/mol. The number of nitrogens with one attached hydrogen (secondary N) is 1. The second-order valence-corrected chi connectivity index (χ2v) is 8.79. The number of halogens is 2. The van der Waals surface area contributed by atoms with Crippen LogP contribution in [-0.4, -0.2) is 55.0 Å². The number of methoxy groups -OCH3 is 1. The van der Waals surface area contributed by atoms with E-state index in [2.05, 4.69) is 10.3 Å². The van der Waals surface area contributed by atoms with Gasteiger partial charge >= 0.3 is 11.9 Å². The highest BCUT2D eigenvalue weighted by Crippen LogP contribution is 2.30. The number of esters is 2. The molecule has 12 heteroatoms. The van der Waals surface area contributed by atoms with E-state index in [0.29, 0.717) is 0 Å². The van der Waals surface area contributed by atoms with Crippen LogP contribution in [0.4, 0.5) is 4.39 Å². The molecule has 0 fully saturated rings. The Morgan fingerprint density at radius 3 is 2.43 bits per heavy atom. The number of hydrogen-bond donors (Lipinski definition) is 1. The maximum Gasteiger partial charge on any atom is 0.328 e. The van der Waals surface area contributed by atoms with Gasteiger partial charge in [0.1, 0.15) is 29.8 Å². The van der Waals surface area contributed by atoms with Gasteiger partial charge in [0.25, 0.3) is 5.91 Å². The molecule has 10 nitrogen and oxygen atoms in total. The number of carbonyl (C=O) groups excluding carboxylic acids is 3. The molecule has 37 heavy (non-hydrogen) atoms. The summed E-state index contributed by atoms with van der Waals surface area (Å²) < 4.78 is 40.4. The lowest BCUT2D eigenvalue weighted by atomic mass is 10.0. The van der Waals surface area contributed by atoms with E-state index >= 15 is 0 Å². The Hall–Kier alpha value is -3.60. The van der Waals surface area contributed by atoms with E-state index in [-0.39, 0.29) is 33.9 Å². The number of amides is 1. The number of benzene rings is 1. The number of hydrogen-bond acceptors (Lipinski definition) is 9. The van der Waals surface area contributed by atoms with Crippen molar-refractivity contribution in [3.63, 3.8) is 0 Å². The van der Waals surface area contributed by atoms with E-state index in [1.165, 1.54) is 45.4 Å². The molecule has 1 aromatic carbocycles. The molecule has 0 bridgehead atoms. The lowest BCUT2D eigenvalue weighted by Crippen LogP contribution is -2.45. The first kappa shape index (κ1) is 29.6. The minimum absolute atomic E-state index is 0.0693. The second kappa shape index (κ2) is 13.6. The van der Waals surface area contributed by atoms with Gasteiger partial charge in [-0.05, 0) is 31.9 Å². The molecule has 3 atom stereocenters. The number of nitrogens with zero attached hydrogens (tertiary/aromatic N) is 1. The summed E-state index contributed by atoms with van der Waals surface area (Å²) in [6.07, 6.45) is -0.0699. The summed E-state index contributed by atoms with van der Waals surface area (Å²) >= 11 is 5.88. The van der Waals surface area contributed by atoms with Crippen molar-refractivity contribution in [2.75, 3.05) is 13.9 Å². The van der Waals surface area contributed by atoms with Crippen LogP contribution in [0.1, 0.15) is 45.1 Å². The predicted octanol–water partition coefficient (Wildman–Crippen LogP) is 3.94. The minimum Gasteiger partial charge on any atom is -0.493 e.